The van der Waals surface area contributed by atoms with Gasteiger partial charge in [0.05, 0.1) is 22.9 Å². The number of benzene rings is 6. The van der Waals surface area contributed by atoms with Crippen LogP contribution in [-0.4, -0.2) is 18.8 Å². The zero-order valence-corrected chi connectivity index (χ0v) is 28.9. The molecule has 0 fully saturated rings. The number of imidazole rings is 2. The van der Waals surface area contributed by atoms with Gasteiger partial charge in [-0.15, -0.1) is 0 Å². The Hall–Kier alpha value is -6.46. The maximum Gasteiger partial charge on any atom is 0.145 e. The minimum absolute atomic E-state index is 0.758. The summed E-state index contributed by atoms with van der Waals surface area (Å²) < 4.78 is 11.2. The SMILES string of the molecule is Cc1cccc(C)c1-c1cccc2c3ccc(Oc4ccc5c6ccccc6n6c(-c7c(C)cccc7C)cnc6c5c4)cc3c3nccn3c12. The third-order valence-corrected chi connectivity index (χ3v) is 10.6. The second-order valence-electron chi connectivity index (χ2n) is 13.7. The maximum atomic E-state index is 6.67. The normalized spacial score (nSPS) is 11.9. The first-order valence-electron chi connectivity index (χ1n) is 17.4. The van der Waals surface area contributed by atoms with Crippen LogP contribution in [0, 0.1) is 27.7 Å². The molecule has 0 unspecified atom stereocenters. The Morgan fingerprint density at radius 2 is 1.12 bits per heavy atom. The van der Waals surface area contributed by atoms with Crippen LogP contribution in [0.1, 0.15) is 22.3 Å². The van der Waals surface area contributed by atoms with Gasteiger partial charge in [0, 0.05) is 45.1 Å². The smallest absolute Gasteiger partial charge is 0.145 e. The molecule has 5 nitrogen and oxygen atoms in total. The minimum atomic E-state index is 0.758. The van der Waals surface area contributed by atoms with E-state index in [9.17, 15) is 0 Å². The summed E-state index contributed by atoms with van der Waals surface area (Å²) in [5.41, 5.74) is 13.9. The van der Waals surface area contributed by atoms with E-state index in [1.807, 2.05) is 12.4 Å². The number of pyridine rings is 2. The molecule has 0 saturated carbocycles. The van der Waals surface area contributed by atoms with Crippen molar-refractivity contribution >= 4 is 54.6 Å². The lowest BCUT2D eigenvalue weighted by molar-refractivity contribution is 0.484. The van der Waals surface area contributed by atoms with Crippen molar-refractivity contribution in [1.29, 1.82) is 0 Å². The van der Waals surface area contributed by atoms with Crippen LogP contribution in [0.3, 0.4) is 0 Å². The highest BCUT2D eigenvalue weighted by molar-refractivity contribution is 6.16. The predicted octanol–water partition coefficient (Wildman–Crippen LogP) is 12.0. The average molecular weight is 659 g/mol. The molecule has 0 N–H and O–H groups in total. The monoisotopic (exact) mass is 658 g/mol. The second kappa shape index (κ2) is 11.0. The van der Waals surface area contributed by atoms with Crippen molar-refractivity contribution in [1.82, 2.24) is 18.8 Å². The molecule has 0 atom stereocenters. The molecular formula is C46H34N4O. The van der Waals surface area contributed by atoms with Crippen molar-refractivity contribution in [3.8, 4) is 33.9 Å². The predicted molar refractivity (Wildman–Crippen MR) is 210 cm³/mol. The van der Waals surface area contributed by atoms with Crippen molar-refractivity contribution in [3.63, 3.8) is 0 Å². The van der Waals surface area contributed by atoms with E-state index in [-0.39, 0.29) is 0 Å². The van der Waals surface area contributed by atoms with Crippen LogP contribution in [-0.2, 0) is 0 Å². The highest BCUT2D eigenvalue weighted by Gasteiger charge is 2.19. The largest absolute Gasteiger partial charge is 0.457 e. The second-order valence-corrected chi connectivity index (χ2v) is 13.7. The van der Waals surface area contributed by atoms with E-state index < -0.39 is 0 Å². The Morgan fingerprint density at radius 3 is 1.84 bits per heavy atom. The zero-order valence-electron chi connectivity index (χ0n) is 28.9. The van der Waals surface area contributed by atoms with Gasteiger partial charge in [-0.2, -0.15) is 0 Å². The number of hydrogen-bond donors (Lipinski definition) is 0. The molecule has 0 amide bonds. The Kier molecular flexibility index (Phi) is 6.37. The number of fused-ring (bicyclic) bond motifs is 12. The quantitative estimate of drug-likeness (QED) is 0.177. The van der Waals surface area contributed by atoms with Gasteiger partial charge in [-0.05, 0) is 109 Å². The molecule has 51 heavy (non-hydrogen) atoms. The highest BCUT2D eigenvalue weighted by atomic mass is 16.5. The number of nitrogens with zero attached hydrogens (tertiary/aromatic N) is 4. The van der Waals surface area contributed by atoms with Gasteiger partial charge in [-0.3, -0.25) is 8.80 Å². The van der Waals surface area contributed by atoms with Crippen LogP contribution in [0.5, 0.6) is 11.5 Å². The fourth-order valence-corrected chi connectivity index (χ4v) is 8.37. The van der Waals surface area contributed by atoms with Gasteiger partial charge in [-0.1, -0.05) is 72.8 Å². The van der Waals surface area contributed by atoms with E-state index in [0.29, 0.717) is 0 Å². The van der Waals surface area contributed by atoms with Gasteiger partial charge < -0.3 is 4.74 Å². The van der Waals surface area contributed by atoms with Gasteiger partial charge in [0.1, 0.15) is 22.8 Å². The molecule has 10 rings (SSSR count). The number of rotatable bonds is 4. The van der Waals surface area contributed by atoms with Crippen molar-refractivity contribution in [2.75, 3.05) is 0 Å². The molecule has 0 aliphatic heterocycles. The number of para-hydroxylation sites is 2. The summed E-state index contributed by atoms with van der Waals surface area (Å²) in [5, 5.41) is 6.74. The van der Waals surface area contributed by atoms with E-state index in [0.717, 1.165) is 61.1 Å². The van der Waals surface area contributed by atoms with Crippen LogP contribution in [0.25, 0.3) is 77.0 Å². The standard InChI is InChI=1S/C46H34N4O/c1-27-10-7-11-28(2)42(27)37-16-9-15-36-34-21-19-31(24-38(34)45-47-22-23-49(45)44(36)37)51-32-18-20-33-35-14-5-6-17-40(35)50-41(26-48-46(50)39(33)25-32)43-29(3)12-8-13-30(43)4/h5-26H,1-4H3. The molecule has 5 heteroatoms. The van der Waals surface area contributed by atoms with Crippen LogP contribution < -0.4 is 4.74 Å². The van der Waals surface area contributed by atoms with Crippen LogP contribution >= 0.6 is 0 Å². The number of ether oxygens (including phenoxy) is 1. The van der Waals surface area contributed by atoms with E-state index in [4.69, 9.17) is 14.7 Å². The Bertz CT molecular complexity index is 3020. The first-order chi connectivity index (χ1) is 25.0. The first kappa shape index (κ1) is 29.5. The molecule has 4 heterocycles. The lowest BCUT2D eigenvalue weighted by atomic mass is 9.92. The van der Waals surface area contributed by atoms with Crippen molar-refractivity contribution in [2.45, 2.75) is 27.7 Å². The van der Waals surface area contributed by atoms with Gasteiger partial charge in [-0.25, -0.2) is 9.97 Å². The average Bonchev–Trinajstić information content (AvgIpc) is 3.81. The highest BCUT2D eigenvalue weighted by Crippen LogP contribution is 2.41. The lowest BCUT2D eigenvalue weighted by Crippen LogP contribution is -1.97. The van der Waals surface area contributed by atoms with Crippen molar-refractivity contribution in [3.05, 3.63) is 156 Å². The third kappa shape index (κ3) is 4.34. The summed E-state index contributed by atoms with van der Waals surface area (Å²) in [6, 6.07) is 40.9. The summed E-state index contributed by atoms with van der Waals surface area (Å²) in [6.07, 6.45) is 5.97. The number of aromatic nitrogens is 4. The van der Waals surface area contributed by atoms with Gasteiger partial charge in [0.2, 0.25) is 0 Å². The molecule has 4 aromatic heterocycles. The first-order valence-corrected chi connectivity index (χ1v) is 17.4. The minimum Gasteiger partial charge on any atom is -0.457 e. The molecular weight excluding hydrogens is 625 g/mol. The van der Waals surface area contributed by atoms with E-state index in [2.05, 4.69) is 158 Å². The molecule has 244 valence electrons. The summed E-state index contributed by atoms with van der Waals surface area (Å²) in [7, 11) is 0. The molecule has 0 bridgehead atoms. The van der Waals surface area contributed by atoms with Gasteiger partial charge in [0.25, 0.3) is 0 Å². The van der Waals surface area contributed by atoms with Crippen molar-refractivity contribution < 1.29 is 4.74 Å². The third-order valence-electron chi connectivity index (χ3n) is 10.6. The lowest BCUT2D eigenvalue weighted by Gasteiger charge is -2.17. The fraction of sp³-hybridized carbons (Fsp3) is 0.0870. The summed E-state index contributed by atoms with van der Waals surface area (Å²) in [6.45, 7) is 8.72. The van der Waals surface area contributed by atoms with Crippen LogP contribution in [0.15, 0.2) is 134 Å². The van der Waals surface area contributed by atoms with Gasteiger partial charge >= 0.3 is 0 Å². The molecule has 0 saturated heterocycles. The van der Waals surface area contributed by atoms with E-state index >= 15 is 0 Å². The summed E-state index contributed by atoms with van der Waals surface area (Å²) in [5.74, 6) is 1.52. The Labute approximate surface area is 295 Å². The zero-order chi connectivity index (χ0) is 34.4. The number of hydrogen-bond acceptors (Lipinski definition) is 3. The van der Waals surface area contributed by atoms with Crippen LogP contribution in [0.4, 0.5) is 0 Å². The molecule has 6 aromatic carbocycles. The summed E-state index contributed by atoms with van der Waals surface area (Å²) in [4.78, 5) is 9.90. The molecule has 0 aliphatic rings. The van der Waals surface area contributed by atoms with Gasteiger partial charge in [0.15, 0.2) is 0 Å². The summed E-state index contributed by atoms with van der Waals surface area (Å²) >= 11 is 0. The number of aryl methyl sites for hydroxylation is 4. The molecule has 0 spiro atoms. The molecule has 0 radical (unpaired) electrons. The Balaban J connectivity index is 1.14. The Morgan fingerprint density at radius 1 is 0.510 bits per heavy atom. The van der Waals surface area contributed by atoms with E-state index in [1.54, 1.807) is 0 Å². The molecule has 0 aliphatic carbocycles. The molecule has 10 aromatic rings. The maximum absolute atomic E-state index is 6.67. The van der Waals surface area contributed by atoms with Crippen LogP contribution in [0.2, 0.25) is 0 Å². The topological polar surface area (TPSA) is 43.8 Å². The van der Waals surface area contributed by atoms with Crippen molar-refractivity contribution in [2.24, 2.45) is 0 Å². The fourth-order valence-electron chi connectivity index (χ4n) is 8.37. The van der Waals surface area contributed by atoms with E-state index in [1.165, 1.54) is 49.7 Å².